The minimum atomic E-state index is -2.12. The summed E-state index contributed by atoms with van der Waals surface area (Å²) in [5.41, 5.74) is 0. The van der Waals surface area contributed by atoms with Crippen molar-refractivity contribution in [2.24, 2.45) is 0 Å². The van der Waals surface area contributed by atoms with E-state index in [4.69, 9.17) is 13.6 Å². The molecule has 8 heteroatoms. The minimum Gasteiger partial charge on any atom is -0.414 e. The molecule has 6 nitrogen and oxygen atoms in total. The molecular formula is C18H40O6Si2. The van der Waals surface area contributed by atoms with Gasteiger partial charge in [0, 0.05) is 0 Å². The van der Waals surface area contributed by atoms with E-state index in [-0.39, 0.29) is 23.3 Å². The topological polar surface area (TPSA) is 88.4 Å². The van der Waals surface area contributed by atoms with Crippen molar-refractivity contribution in [3.05, 3.63) is 0 Å². The second-order valence-electron chi connectivity index (χ2n) is 10.6. The van der Waals surface area contributed by atoms with Crippen LogP contribution >= 0.6 is 0 Å². The molecule has 0 aromatic carbocycles. The molecule has 3 N–H and O–H groups in total. The lowest BCUT2D eigenvalue weighted by Gasteiger charge is -2.39. The van der Waals surface area contributed by atoms with Gasteiger partial charge in [0.15, 0.2) is 16.6 Å². The first kappa shape index (κ1) is 24.2. The molecule has 0 saturated carbocycles. The number of aliphatic hydroxyl groups excluding tert-OH is 2. The summed E-state index contributed by atoms with van der Waals surface area (Å²) in [5.74, 6) is -1.92. The largest absolute Gasteiger partial charge is 0.414 e. The Morgan fingerprint density at radius 3 is 1.73 bits per heavy atom. The fourth-order valence-corrected chi connectivity index (χ4v) is 4.15. The van der Waals surface area contributed by atoms with Gasteiger partial charge in [-0.15, -0.1) is 0 Å². The summed E-state index contributed by atoms with van der Waals surface area (Å²) >= 11 is 0. The SMILES string of the molecule is CC(C)(C)[Si](C)(C)OC[C@H]1O[C@](O)(CO[Si](C)(C)C(C)(C)C)[C@@H](O)[C@@H]1O. The van der Waals surface area contributed by atoms with Gasteiger partial charge in [-0.25, -0.2) is 0 Å². The van der Waals surface area contributed by atoms with E-state index >= 15 is 0 Å². The van der Waals surface area contributed by atoms with Crippen molar-refractivity contribution in [1.82, 2.24) is 0 Å². The first-order valence-electron chi connectivity index (χ1n) is 9.38. The van der Waals surface area contributed by atoms with Crippen LogP contribution in [0.4, 0.5) is 0 Å². The molecular weight excluding hydrogens is 368 g/mol. The van der Waals surface area contributed by atoms with E-state index in [0.717, 1.165) is 0 Å². The summed E-state index contributed by atoms with van der Waals surface area (Å²) < 4.78 is 17.7. The van der Waals surface area contributed by atoms with Crippen LogP contribution in [0.25, 0.3) is 0 Å². The molecule has 26 heavy (non-hydrogen) atoms. The van der Waals surface area contributed by atoms with Gasteiger partial charge in [0.2, 0.25) is 5.79 Å². The zero-order valence-electron chi connectivity index (χ0n) is 18.2. The lowest BCUT2D eigenvalue weighted by Crippen LogP contribution is -2.51. The molecule has 0 amide bonds. The Kier molecular flexibility index (Phi) is 7.04. The predicted molar refractivity (Wildman–Crippen MR) is 108 cm³/mol. The van der Waals surface area contributed by atoms with Crippen LogP contribution in [0.2, 0.25) is 36.3 Å². The van der Waals surface area contributed by atoms with Crippen LogP contribution in [-0.4, -0.2) is 69.3 Å². The molecule has 0 radical (unpaired) electrons. The van der Waals surface area contributed by atoms with Crippen molar-refractivity contribution in [3.8, 4) is 0 Å². The molecule has 0 bridgehead atoms. The van der Waals surface area contributed by atoms with Gasteiger partial charge in [-0.05, 0) is 36.3 Å². The van der Waals surface area contributed by atoms with Crippen molar-refractivity contribution in [2.75, 3.05) is 13.2 Å². The fraction of sp³-hybridized carbons (Fsp3) is 1.00. The zero-order valence-corrected chi connectivity index (χ0v) is 20.2. The molecule has 0 aromatic heterocycles. The predicted octanol–water partition coefficient (Wildman–Crippen LogP) is 2.84. The van der Waals surface area contributed by atoms with Gasteiger partial charge in [-0.1, -0.05) is 41.5 Å². The molecule has 0 spiro atoms. The number of hydrogen-bond acceptors (Lipinski definition) is 6. The van der Waals surface area contributed by atoms with E-state index in [1.807, 2.05) is 0 Å². The normalized spacial score (nSPS) is 31.5. The monoisotopic (exact) mass is 408 g/mol. The van der Waals surface area contributed by atoms with E-state index < -0.39 is 40.7 Å². The molecule has 1 rings (SSSR count). The van der Waals surface area contributed by atoms with Crippen molar-refractivity contribution in [1.29, 1.82) is 0 Å². The van der Waals surface area contributed by atoms with Crippen molar-refractivity contribution in [2.45, 2.75) is 102 Å². The standard InChI is InChI=1S/C18H40O6Si2/c1-16(2,3)25(7,8)22-11-13-14(19)15(20)18(21,24-13)12-23-26(9,10)17(4,5)6/h13-15,19-21H,11-12H2,1-10H3/t13-,14-,15+,18-/m1/s1. The number of ether oxygens (including phenoxy) is 1. The fourth-order valence-electron chi connectivity index (χ4n) is 2.13. The molecule has 0 aromatic rings. The summed E-state index contributed by atoms with van der Waals surface area (Å²) in [6, 6.07) is 0. The van der Waals surface area contributed by atoms with Crippen LogP contribution in [-0.2, 0) is 13.6 Å². The van der Waals surface area contributed by atoms with Crippen LogP contribution in [0, 0.1) is 0 Å². The summed E-state index contributed by atoms with van der Waals surface area (Å²) in [6.45, 7) is 21.0. The van der Waals surface area contributed by atoms with Crippen LogP contribution in [0.5, 0.6) is 0 Å². The summed E-state index contributed by atoms with van der Waals surface area (Å²) in [6.07, 6.45) is -3.43. The smallest absolute Gasteiger partial charge is 0.218 e. The highest BCUT2D eigenvalue weighted by atomic mass is 28.4. The van der Waals surface area contributed by atoms with Crippen molar-refractivity contribution >= 4 is 16.6 Å². The highest BCUT2D eigenvalue weighted by Gasteiger charge is 2.55. The second kappa shape index (κ2) is 7.55. The summed E-state index contributed by atoms with van der Waals surface area (Å²) in [4.78, 5) is 0. The number of rotatable bonds is 6. The van der Waals surface area contributed by atoms with Crippen LogP contribution in [0.1, 0.15) is 41.5 Å². The van der Waals surface area contributed by atoms with Gasteiger partial charge in [0.1, 0.15) is 18.3 Å². The van der Waals surface area contributed by atoms with E-state index in [2.05, 4.69) is 67.7 Å². The maximum absolute atomic E-state index is 10.7. The first-order valence-corrected chi connectivity index (χ1v) is 15.2. The van der Waals surface area contributed by atoms with Crippen LogP contribution < -0.4 is 0 Å². The third-order valence-corrected chi connectivity index (χ3v) is 15.4. The van der Waals surface area contributed by atoms with Crippen molar-refractivity contribution in [3.63, 3.8) is 0 Å². The molecule has 1 aliphatic heterocycles. The van der Waals surface area contributed by atoms with Crippen molar-refractivity contribution < 1.29 is 28.9 Å². The molecule has 4 atom stereocenters. The average Bonchev–Trinajstić information content (AvgIpc) is 2.66. The molecule has 1 aliphatic rings. The summed E-state index contributed by atoms with van der Waals surface area (Å²) in [7, 11) is -4.15. The molecule has 1 saturated heterocycles. The third-order valence-electron chi connectivity index (χ3n) is 6.38. The first-order chi connectivity index (χ1) is 11.3. The van der Waals surface area contributed by atoms with Gasteiger partial charge in [-0.3, -0.25) is 0 Å². The van der Waals surface area contributed by atoms with Gasteiger partial charge >= 0.3 is 0 Å². The molecule has 1 heterocycles. The van der Waals surface area contributed by atoms with Gasteiger partial charge in [-0.2, -0.15) is 0 Å². The Morgan fingerprint density at radius 2 is 1.31 bits per heavy atom. The summed E-state index contributed by atoms with van der Waals surface area (Å²) in [5, 5.41) is 31.4. The quantitative estimate of drug-likeness (QED) is 0.586. The minimum absolute atomic E-state index is 0.0247. The van der Waals surface area contributed by atoms with Gasteiger partial charge in [0.25, 0.3) is 0 Å². The average molecular weight is 409 g/mol. The Bertz CT molecular complexity index is 483. The Balaban J connectivity index is 2.77. The highest BCUT2D eigenvalue weighted by molar-refractivity contribution is 6.74. The van der Waals surface area contributed by atoms with Gasteiger partial charge in [0.05, 0.1) is 13.2 Å². The second-order valence-corrected chi connectivity index (χ2v) is 20.2. The lowest BCUT2D eigenvalue weighted by molar-refractivity contribution is -0.245. The Morgan fingerprint density at radius 1 is 0.885 bits per heavy atom. The third kappa shape index (κ3) is 5.17. The number of aliphatic hydroxyl groups is 3. The van der Waals surface area contributed by atoms with Gasteiger partial charge < -0.3 is 28.9 Å². The Labute approximate surface area is 161 Å². The number of hydrogen-bond donors (Lipinski definition) is 3. The zero-order chi connectivity index (χ0) is 20.8. The molecule has 1 fully saturated rings. The van der Waals surface area contributed by atoms with E-state index in [1.54, 1.807) is 0 Å². The van der Waals surface area contributed by atoms with E-state index in [1.165, 1.54) is 0 Å². The van der Waals surface area contributed by atoms with Crippen LogP contribution in [0.3, 0.4) is 0 Å². The van der Waals surface area contributed by atoms with E-state index in [9.17, 15) is 15.3 Å². The van der Waals surface area contributed by atoms with E-state index in [0.29, 0.717) is 0 Å². The van der Waals surface area contributed by atoms with Crippen LogP contribution in [0.15, 0.2) is 0 Å². The highest BCUT2D eigenvalue weighted by Crippen LogP contribution is 2.40. The maximum atomic E-state index is 10.7. The Hall–Kier alpha value is 0.194. The maximum Gasteiger partial charge on any atom is 0.218 e. The molecule has 156 valence electrons. The molecule has 0 aliphatic carbocycles. The lowest BCUT2D eigenvalue weighted by atomic mass is 10.1. The molecule has 0 unspecified atom stereocenters.